The monoisotopic (exact) mass is 474 g/mol. The van der Waals surface area contributed by atoms with Gasteiger partial charge in [0.25, 0.3) is 5.91 Å². The van der Waals surface area contributed by atoms with Crippen LogP contribution in [0.5, 0.6) is 0 Å². The van der Waals surface area contributed by atoms with E-state index < -0.39 is 15.7 Å². The van der Waals surface area contributed by atoms with Crippen LogP contribution in [0.3, 0.4) is 0 Å². The van der Waals surface area contributed by atoms with Crippen molar-refractivity contribution < 1.29 is 18.0 Å². The number of aromatic nitrogens is 1. The van der Waals surface area contributed by atoms with Gasteiger partial charge >= 0.3 is 0 Å². The Morgan fingerprint density at radius 3 is 2.48 bits per heavy atom. The van der Waals surface area contributed by atoms with Crippen molar-refractivity contribution in [1.29, 1.82) is 0 Å². The van der Waals surface area contributed by atoms with E-state index in [1.807, 2.05) is 37.4 Å². The molecule has 0 unspecified atom stereocenters. The molecule has 2 heterocycles. The first-order valence-electron chi connectivity index (χ1n) is 10.1. The number of hydrogen-bond acceptors (Lipinski definition) is 6. The Morgan fingerprint density at radius 1 is 0.909 bits per heavy atom. The fraction of sp³-hybridized carbons (Fsp3) is 0.0800. The molecule has 3 aromatic carbocycles. The second-order valence-electron chi connectivity index (χ2n) is 7.85. The molecule has 1 N–H and O–H groups in total. The summed E-state index contributed by atoms with van der Waals surface area (Å²) in [5.74, 6) is -0.873. The van der Waals surface area contributed by atoms with Gasteiger partial charge in [-0.05, 0) is 55.8 Å². The lowest BCUT2D eigenvalue weighted by atomic mass is 10.0. The number of nitrogens with one attached hydrogen (secondary N) is 1. The maximum absolute atomic E-state index is 13.1. The van der Waals surface area contributed by atoms with Crippen molar-refractivity contribution in [2.45, 2.75) is 23.6 Å². The van der Waals surface area contributed by atoms with E-state index in [0.29, 0.717) is 5.13 Å². The summed E-state index contributed by atoms with van der Waals surface area (Å²) in [6.07, 6.45) is 0. The number of ketones is 1. The molecule has 0 radical (unpaired) electrons. The number of carbonyl (C=O) groups excluding carboxylic acids is 2. The second-order valence-corrected chi connectivity index (χ2v) is 10.6. The number of fused-ring (bicyclic) bond motifs is 2. The molecular weight excluding hydrogens is 456 g/mol. The Kier molecular flexibility index (Phi) is 4.99. The lowest BCUT2D eigenvalue weighted by Gasteiger charge is -2.19. The average molecular weight is 475 g/mol. The molecule has 0 saturated carbocycles. The first-order valence-corrected chi connectivity index (χ1v) is 12.5. The van der Waals surface area contributed by atoms with Gasteiger partial charge < -0.3 is 0 Å². The second kappa shape index (κ2) is 7.75. The summed E-state index contributed by atoms with van der Waals surface area (Å²) in [4.78, 5) is 30.0. The molecule has 0 saturated heterocycles. The van der Waals surface area contributed by atoms with Gasteiger partial charge in [-0.25, -0.2) is 13.4 Å². The van der Waals surface area contributed by atoms with Crippen molar-refractivity contribution in [2.75, 3.05) is 5.32 Å². The zero-order chi connectivity index (χ0) is 23.3. The minimum Gasteiger partial charge on any atom is -0.298 e. The molecule has 164 valence electrons. The van der Waals surface area contributed by atoms with Crippen molar-refractivity contribution in [3.05, 3.63) is 93.9 Å². The van der Waals surface area contributed by atoms with Crippen LogP contribution >= 0.6 is 11.3 Å². The molecule has 33 heavy (non-hydrogen) atoms. The Morgan fingerprint density at radius 2 is 1.67 bits per heavy atom. The number of rotatable bonds is 3. The van der Waals surface area contributed by atoms with Crippen LogP contribution < -0.4 is 5.32 Å². The molecule has 4 aromatic rings. The van der Waals surface area contributed by atoms with Crippen LogP contribution in [0.25, 0.3) is 11.3 Å². The van der Waals surface area contributed by atoms with Crippen molar-refractivity contribution >= 4 is 38.0 Å². The van der Waals surface area contributed by atoms with E-state index in [1.54, 1.807) is 12.1 Å². The number of amides is 1. The van der Waals surface area contributed by atoms with Crippen LogP contribution in [0.4, 0.5) is 5.13 Å². The summed E-state index contributed by atoms with van der Waals surface area (Å²) in [6, 6.07) is 16.3. The van der Waals surface area contributed by atoms with E-state index in [1.165, 1.54) is 41.7 Å². The summed E-state index contributed by atoms with van der Waals surface area (Å²) in [5, 5.41) is 5.00. The van der Waals surface area contributed by atoms with Gasteiger partial charge in [-0.1, -0.05) is 29.8 Å². The molecule has 0 fully saturated rings. The van der Waals surface area contributed by atoms with Gasteiger partial charge in [0, 0.05) is 27.6 Å². The Labute approximate surface area is 194 Å². The maximum Gasteiger partial charge on any atom is 0.257 e. The van der Waals surface area contributed by atoms with E-state index in [-0.39, 0.29) is 32.3 Å². The van der Waals surface area contributed by atoms with Crippen molar-refractivity contribution in [3.8, 4) is 11.3 Å². The Balaban J connectivity index is 1.46. The summed E-state index contributed by atoms with van der Waals surface area (Å²) in [5.41, 5.74) is 4.28. The lowest BCUT2D eigenvalue weighted by Crippen LogP contribution is -2.21. The van der Waals surface area contributed by atoms with Gasteiger partial charge in [0.1, 0.15) is 0 Å². The number of thiazole rings is 1. The van der Waals surface area contributed by atoms with Crippen LogP contribution in [-0.4, -0.2) is 25.1 Å². The minimum atomic E-state index is -3.92. The molecule has 5 rings (SSSR count). The molecule has 0 bridgehead atoms. The van der Waals surface area contributed by atoms with Crippen LogP contribution in [0, 0.1) is 13.8 Å². The van der Waals surface area contributed by atoms with E-state index in [4.69, 9.17) is 0 Å². The predicted molar refractivity (Wildman–Crippen MR) is 127 cm³/mol. The van der Waals surface area contributed by atoms with Crippen molar-refractivity contribution in [3.63, 3.8) is 0 Å². The number of carbonyl (C=O) groups is 2. The van der Waals surface area contributed by atoms with Crippen LogP contribution in [0.15, 0.2) is 75.8 Å². The highest BCUT2D eigenvalue weighted by Gasteiger charge is 2.35. The van der Waals surface area contributed by atoms with E-state index >= 15 is 0 Å². The summed E-state index contributed by atoms with van der Waals surface area (Å²) in [7, 11) is -3.92. The first-order chi connectivity index (χ1) is 15.8. The van der Waals surface area contributed by atoms with Crippen molar-refractivity contribution in [2.24, 2.45) is 0 Å². The Bertz CT molecular complexity index is 1570. The maximum atomic E-state index is 13.1. The van der Waals surface area contributed by atoms with Gasteiger partial charge in [-0.2, -0.15) is 0 Å². The average Bonchev–Trinajstić information content (AvgIpc) is 3.27. The summed E-state index contributed by atoms with van der Waals surface area (Å²) < 4.78 is 26.2. The molecule has 1 amide bonds. The first kappa shape index (κ1) is 21.2. The SMILES string of the molecule is Cc1ccc(C)c(-c2csc(NC(=O)c3ccc4c(c3)S(=O)(=O)c3ccccc3C4=O)n2)c1. The fourth-order valence-corrected chi connectivity index (χ4v) is 6.24. The van der Waals surface area contributed by atoms with Gasteiger partial charge in [0.05, 0.1) is 15.5 Å². The van der Waals surface area contributed by atoms with Crippen molar-refractivity contribution in [1.82, 2.24) is 4.98 Å². The molecule has 1 aliphatic heterocycles. The predicted octanol–water partition coefficient (Wildman–Crippen LogP) is 5.06. The molecular formula is C25H18N2O4S2. The van der Waals surface area contributed by atoms with Crippen LogP contribution in [-0.2, 0) is 9.84 Å². The van der Waals surface area contributed by atoms with Gasteiger partial charge in [-0.3, -0.25) is 14.9 Å². The highest BCUT2D eigenvalue weighted by Crippen LogP contribution is 2.35. The molecule has 0 spiro atoms. The number of aryl methyl sites for hydroxylation is 2. The van der Waals surface area contributed by atoms with E-state index in [2.05, 4.69) is 10.3 Å². The largest absolute Gasteiger partial charge is 0.298 e. The number of benzene rings is 3. The third-order valence-corrected chi connectivity index (χ3v) is 8.20. The summed E-state index contributed by atoms with van der Waals surface area (Å²) >= 11 is 1.29. The van der Waals surface area contributed by atoms with E-state index in [9.17, 15) is 18.0 Å². The molecule has 0 aliphatic carbocycles. The van der Waals surface area contributed by atoms with Crippen LogP contribution in [0.1, 0.15) is 37.4 Å². The molecule has 1 aromatic heterocycles. The highest BCUT2D eigenvalue weighted by atomic mass is 32.2. The smallest absolute Gasteiger partial charge is 0.257 e. The zero-order valence-electron chi connectivity index (χ0n) is 17.7. The Hall–Kier alpha value is -3.62. The normalized spacial score (nSPS) is 13.8. The number of hydrogen-bond donors (Lipinski definition) is 1. The molecule has 6 nitrogen and oxygen atoms in total. The topological polar surface area (TPSA) is 93.2 Å². The van der Waals surface area contributed by atoms with Gasteiger partial charge in [0.2, 0.25) is 9.84 Å². The quantitative estimate of drug-likeness (QED) is 0.395. The van der Waals surface area contributed by atoms with E-state index in [0.717, 1.165) is 22.4 Å². The third kappa shape index (κ3) is 3.57. The fourth-order valence-electron chi connectivity index (χ4n) is 3.86. The number of nitrogens with zero attached hydrogens (tertiary/aromatic N) is 1. The number of sulfone groups is 1. The third-order valence-electron chi connectivity index (χ3n) is 5.59. The van der Waals surface area contributed by atoms with Gasteiger partial charge in [-0.15, -0.1) is 11.3 Å². The molecule has 8 heteroatoms. The lowest BCUT2D eigenvalue weighted by molar-refractivity contribution is 0.101. The van der Waals surface area contributed by atoms with Crippen LogP contribution in [0.2, 0.25) is 0 Å². The number of anilines is 1. The minimum absolute atomic E-state index is 0.0434. The highest BCUT2D eigenvalue weighted by molar-refractivity contribution is 7.91. The zero-order valence-corrected chi connectivity index (χ0v) is 19.4. The summed E-state index contributed by atoms with van der Waals surface area (Å²) in [6.45, 7) is 4.00. The molecule has 0 atom stereocenters. The molecule has 1 aliphatic rings. The van der Waals surface area contributed by atoms with Gasteiger partial charge in [0.15, 0.2) is 10.9 Å². The standard InChI is InChI=1S/C25H18N2O4S2/c1-14-7-8-15(2)19(11-14)20-13-32-25(26-20)27-24(29)16-9-10-18-22(12-16)33(30,31)21-6-4-3-5-17(21)23(18)28/h3-13H,1-2H3,(H,26,27,29).